The lowest BCUT2D eigenvalue weighted by Gasteiger charge is -2.18. The Bertz CT molecular complexity index is 1070. The van der Waals surface area contributed by atoms with E-state index in [2.05, 4.69) is 27.2 Å². The van der Waals surface area contributed by atoms with Gasteiger partial charge in [0.2, 0.25) is 4.77 Å². The average molecular weight is 316 g/mol. The summed E-state index contributed by atoms with van der Waals surface area (Å²) in [6.45, 7) is 2.30. The van der Waals surface area contributed by atoms with Gasteiger partial charge in [-0.05, 0) is 43.0 Å². The largest absolute Gasteiger partial charge is 0.257 e. The maximum Gasteiger partial charge on any atom is 0.257 e. The zero-order valence-corrected chi connectivity index (χ0v) is 13.0. The van der Waals surface area contributed by atoms with Crippen LogP contribution in [0.25, 0.3) is 21.6 Å². The molecule has 1 atom stereocenters. The fourth-order valence-corrected chi connectivity index (χ4v) is 5.18. The highest BCUT2D eigenvalue weighted by atomic mass is 32.1. The summed E-state index contributed by atoms with van der Waals surface area (Å²) in [7, 11) is 0. The molecule has 1 aliphatic carbocycles. The van der Waals surface area contributed by atoms with Crippen LogP contribution in [0.2, 0.25) is 0 Å². The number of nitrogens with one attached hydrogen (secondary N) is 1. The molecule has 4 heterocycles. The molecular weight excluding hydrogens is 304 g/mol. The molecule has 0 bridgehead atoms. The quantitative estimate of drug-likeness (QED) is 0.506. The molecule has 0 aromatic carbocycles. The summed E-state index contributed by atoms with van der Waals surface area (Å²) in [4.78, 5) is 7.08. The van der Waals surface area contributed by atoms with E-state index in [0.717, 1.165) is 16.9 Å². The minimum absolute atomic E-state index is 0.557. The fraction of sp³-hybridized carbons (Fsp3) is 0.385. The van der Waals surface area contributed by atoms with Crippen LogP contribution in [-0.4, -0.2) is 29.2 Å². The topological polar surface area (TPSA) is 63.3 Å². The van der Waals surface area contributed by atoms with Crippen molar-refractivity contribution in [2.24, 2.45) is 0 Å². The molecule has 0 unspecified atom stereocenters. The monoisotopic (exact) mass is 316 g/mol. The number of hydrogen-bond donors (Lipinski definition) is 1. The molecule has 0 fully saturated rings. The molecule has 106 valence electrons. The van der Waals surface area contributed by atoms with Crippen LogP contribution >= 0.6 is 23.6 Å². The smallest absolute Gasteiger partial charge is 0.249 e. The summed E-state index contributed by atoms with van der Waals surface area (Å²) < 4.78 is 4.38. The molecule has 1 aliphatic rings. The molecule has 6 nitrogen and oxygen atoms in total. The Hall–Kier alpha value is -1.80. The van der Waals surface area contributed by atoms with Crippen LogP contribution in [0.1, 0.15) is 36.1 Å². The molecule has 0 amide bonds. The van der Waals surface area contributed by atoms with Gasteiger partial charge in [0, 0.05) is 4.88 Å². The Morgan fingerprint density at radius 2 is 2.38 bits per heavy atom. The van der Waals surface area contributed by atoms with Crippen molar-refractivity contribution in [3.8, 4) is 0 Å². The van der Waals surface area contributed by atoms with E-state index in [9.17, 15) is 0 Å². The van der Waals surface area contributed by atoms with Crippen LogP contribution < -0.4 is 0 Å². The van der Waals surface area contributed by atoms with Gasteiger partial charge in [0.15, 0.2) is 5.65 Å². The third-order valence-electron chi connectivity index (χ3n) is 4.36. The van der Waals surface area contributed by atoms with E-state index in [1.807, 2.05) is 15.7 Å². The number of nitrogens with zero attached hydrogens (tertiary/aromatic N) is 5. The molecule has 1 N–H and O–H groups in total. The van der Waals surface area contributed by atoms with E-state index in [0.29, 0.717) is 16.5 Å². The highest BCUT2D eigenvalue weighted by molar-refractivity contribution is 7.71. The molecule has 21 heavy (non-hydrogen) atoms. The van der Waals surface area contributed by atoms with Gasteiger partial charge in [-0.15, -0.1) is 16.4 Å². The van der Waals surface area contributed by atoms with E-state index >= 15 is 0 Å². The van der Waals surface area contributed by atoms with Gasteiger partial charge >= 0.3 is 0 Å². The van der Waals surface area contributed by atoms with E-state index in [4.69, 9.17) is 12.2 Å². The van der Waals surface area contributed by atoms with Crippen LogP contribution in [0.5, 0.6) is 0 Å². The van der Waals surface area contributed by atoms with Crippen molar-refractivity contribution in [3.05, 3.63) is 21.5 Å². The van der Waals surface area contributed by atoms with Gasteiger partial charge in [-0.2, -0.15) is 9.61 Å². The van der Waals surface area contributed by atoms with Crippen LogP contribution in [0.3, 0.4) is 0 Å². The Kier molecular flexibility index (Phi) is 2.19. The summed E-state index contributed by atoms with van der Waals surface area (Å²) in [5.74, 6) is 1.26. The van der Waals surface area contributed by atoms with Gasteiger partial charge in [-0.25, -0.2) is 14.5 Å². The predicted octanol–water partition coefficient (Wildman–Crippen LogP) is 3.09. The van der Waals surface area contributed by atoms with Crippen molar-refractivity contribution in [1.29, 1.82) is 0 Å². The van der Waals surface area contributed by atoms with Gasteiger partial charge < -0.3 is 0 Å². The second kappa shape index (κ2) is 3.89. The van der Waals surface area contributed by atoms with E-state index in [1.165, 1.54) is 28.7 Å². The van der Waals surface area contributed by atoms with Crippen LogP contribution in [-0.2, 0) is 6.42 Å². The molecule has 4 aromatic rings. The van der Waals surface area contributed by atoms with Gasteiger partial charge in [-0.1, -0.05) is 6.92 Å². The minimum atomic E-state index is 0.557. The summed E-state index contributed by atoms with van der Waals surface area (Å²) in [5.41, 5.74) is 2.32. The standard InChI is InChI=1S/C13H12N6S2/c1-6-3-2-4-7-8(6)9-10-14-5-15-19(10)12-16-17-13(20)18(12)11(9)21-7/h5-6H,2-4H2,1H3,(H,17,20)/t6-/m1/s1. The zero-order valence-electron chi connectivity index (χ0n) is 11.3. The van der Waals surface area contributed by atoms with Gasteiger partial charge in [0.1, 0.15) is 11.2 Å². The molecule has 0 saturated heterocycles. The van der Waals surface area contributed by atoms with Crippen LogP contribution in [0, 0.1) is 4.77 Å². The first-order valence-corrected chi connectivity index (χ1v) is 8.22. The zero-order chi connectivity index (χ0) is 14.1. The number of hydrogen-bond acceptors (Lipinski definition) is 5. The summed E-state index contributed by atoms with van der Waals surface area (Å²) >= 11 is 7.24. The van der Waals surface area contributed by atoms with Crippen molar-refractivity contribution in [1.82, 2.24) is 29.2 Å². The number of H-pyrrole nitrogens is 1. The van der Waals surface area contributed by atoms with Crippen molar-refractivity contribution in [3.63, 3.8) is 0 Å². The maximum atomic E-state index is 5.41. The normalized spacial score (nSPS) is 18.8. The van der Waals surface area contributed by atoms with Crippen molar-refractivity contribution in [2.45, 2.75) is 32.1 Å². The van der Waals surface area contributed by atoms with Crippen LogP contribution in [0.4, 0.5) is 0 Å². The number of aromatic amines is 1. The van der Waals surface area contributed by atoms with Crippen molar-refractivity contribution < 1.29 is 0 Å². The molecule has 0 aliphatic heterocycles. The molecule has 0 radical (unpaired) electrons. The summed E-state index contributed by atoms with van der Waals surface area (Å²) in [6, 6.07) is 0. The van der Waals surface area contributed by atoms with Gasteiger partial charge in [0.05, 0.1) is 5.39 Å². The van der Waals surface area contributed by atoms with E-state index < -0.39 is 0 Å². The summed E-state index contributed by atoms with van der Waals surface area (Å²) in [6.07, 6.45) is 5.22. The molecule has 4 aromatic heterocycles. The van der Waals surface area contributed by atoms with Gasteiger partial charge in [0.25, 0.3) is 5.78 Å². The highest BCUT2D eigenvalue weighted by Crippen LogP contribution is 2.43. The summed E-state index contributed by atoms with van der Waals surface area (Å²) in [5, 5.41) is 12.7. The van der Waals surface area contributed by atoms with Gasteiger partial charge in [-0.3, -0.25) is 0 Å². The first-order chi connectivity index (χ1) is 10.3. The number of rotatable bonds is 0. The van der Waals surface area contributed by atoms with Crippen molar-refractivity contribution in [2.75, 3.05) is 0 Å². The molecule has 5 rings (SSSR count). The van der Waals surface area contributed by atoms with E-state index in [1.54, 1.807) is 10.8 Å². The number of aromatic nitrogens is 6. The Morgan fingerprint density at radius 1 is 1.48 bits per heavy atom. The maximum absolute atomic E-state index is 5.41. The highest BCUT2D eigenvalue weighted by Gasteiger charge is 2.26. The fourth-order valence-electron chi connectivity index (χ4n) is 3.44. The Morgan fingerprint density at radius 3 is 3.29 bits per heavy atom. The number of aryl methyl sites for hydroxylation is 1. The minimum Gasteiger partial charge on any atom is -0.249 e. The SMILES string of the molecule is C[C@@H]1CCCc2sc3c(c21)c1ncnn1c1n[nH]c(=S)n31. The first-order valence-electron chi connectivity index (χ1n) is 7.00. The van der Waals surface area contributed by atoms with E-state index in [-0.39, 0.29) is 0 Å². The number of thiophene rings is 1. The second-order valence-electron chi connectivity index (χ2n) is 5.57. The third kappa shape index (κ3) is 1.36. The molecule has 0 spiro atoms. The molecular formula is C13H12N6S2. The molecule has 0 saturated carbocycles. The number of fused-ring (bicyclic) bond motifs is 8. The van der Waals surface area contributed by atoms with Crippen molar-refractivity contribution >= 4 is 45.2 Å². The lowest BCUT2D eigenvalue weighted by molar-refractivity contribution is 0.602. The lowest BCUT2D eigenvalue weighted by atomic mass is 9.87. The Balaban J connectivity index is 2.15. The first kappa shape index (κ1) is 11.8. The van der Waals surface area contributed by atoms with Crippen LogP contribution in [0.15, 0.2) is 6.33 Å². The lowest BCUT2D eigenvalue weighted by Crippen LogP contribution is -2.05. The molecule has 8 heteroatoms. The third-order valence-corrected chi connectivity index (χ3v) is 5.88. The Labute approximate surface area is 128 Å². The second-order valence-corrected chi connectivity index (χ2v) is 7.04. The predicted molar refractivity (Wildman–Crippen MR) is 83.7 cm³/mol. The average Bonchev–Trinajstić information content (AvgIpc) is 3.13.